The minimum atomic E-state index is -0.308. The van der Waals surface area contributed by atoms with Crippen molar-refractivity contribution in [1.82, 2.24) is 14.4 Å². The Morgan fingerprint density at radius 3 is 2.56 bits per heavy atom. The lowest BCUT2D eigenvalue weighted by atomic mass is 10.2. The molecule has 2 aromatic heterocycles. The Morgan fingerprint density at radius 2 is 1.78 bits per heavy atom. The Morgan fingerprint density at radius 1 is 1.00 bits per heavy atom. The van der Waals surface area contributed by atoms with Crippen LogP contribution in [0.4, 0.5) is 0 Å². The largest absolute Gasteiger partial charge is 0.355 e. The van der Waals surface area contributed by atoms with Crippen LogP contribution < -0.4 is 5.69 Å². The molecule has 0 unspecified atom stereocenters. The van der Waals surface area contributed by atoms with Gasteiger partial charge in [0.05, 0.1) is 3.57 Å². The Balaban J connectivity index is 2.34. The third-order valence-corrected chi connectivity index (χ3v) is 3.41. The van der Waals surface area contributed by atoms with E-state index in [0.717, 1.165) is 9.13 Å². The maximum Gasteiger partial charge on any atom is 0.355 e. The molecule has 0 spiro atoms. The quantitative estimate of drug-likeness (QED) is 0.634. The van der Waals surface area contributed by atoms with Gasteiger partial charge >= 0.3 is 5.69 Å². The molecule has 0 atom stereocenters. The fourth-order valence-corrected chi connectivity index (χ4v) is 2.31. The first-order valence-corrected chi connectivity index (χ1v) is 6.44. The summed E-state index contributed by atoms with van der Waals surface area (Å²) < 4.78 is 2.38. The van der Waals surface area contributed by atoms with Gasteiger partial charge in [-0.15, -0.1) is 0 Å². The highest BCUT2D eigenvalue weighted by molar-refractivity contribution is 14.1. The normalized spacial score (nSPS) is 10.7. The van der Waals surface area contributed by atoms with E-state index in [1.165, 1.54) is 4.40 Å². The summed E-state index contributed by atoms with van der Waals surface area (Å²) in [6.45, 7) is 0. The fourth-order valence-electron chi connectivity index (χ4n) is 1.72. The molecule has 0 radical (unpaired) electrons. The smallest absolute Gasteiger partial charge is 0.250 e. The first-order chi connectivity index (χ1) is 8.75. The van der Waals surface area contributed by atoms with E-state index in [1.807, 2.05) is 42.5 Å². The van der Waals surface area contributed by atoms with Gasteiger partial charge in [0.15, 0.2) is 11.5 Å². The molecule has 18 heavy (non-hydrogen) atoms. The number of hydrogen-bond acceptors (Lipinski definition) is 3. The lowest BCUT2D eigenvalue weighted by Gasteiger charge is -2.04. The van der Waals surface area contributed by atoms with Gasteiger partial charge in [0.2, 0.25) is 0 Å². The number of rotatable bonds is 1. The zero-order chi connectivity index (χ0) is 12.5. The molecule has 0 aliphatic heterocycles. The minimum absolute atomic E-state index is 0.308. The van der Waals surface area contributed by atoms with Gasteiger partial charge in [0.1, 0.15) is 0 Å². The minimum Gasteiger partial charge on any atom is -0.250 e. The van der Waals surface area contributed by atoms with Crippen LogP contribution >= 0.6 is 22.6 Å². The predicted molar refractivity (Wildman–Crippen MR) is 77.4 cm³/mol. The van der Waals surface area contributed by atoms with E-state index >= 15 is 0 Å². The highest BCUT2D eigenvalue weighted by Crippen LogP contribution is 2.15. The Kier molecular flexibility index (Phi) is 2.83. The SMILES string of the molecule is O=c1nc(-c2ccccc2)nc2c(I)cccn12. The highest BCUT2D eigenvalue weighted by atomic mass is 127. The van der Waals surface area contributed by atoms with Crippen molar-refractivity contribution in [2.45, 2.75) is 0 Å². The zero-order valence-electron chi connectivity index (χ0n) is 9.25. The maximum atomic E-state index is 11.9. The van der Waals surface area contributed by atoms with Crippen molar-refractivity contribution in [3.8, 4) is 11.4 Å². The molecule has 0 bridgehead atoms. The monoisotopic (exact) mass is 349 g/mol. The second kappa shape index (κ2) is 4.49. The second-order valence-electron chi connectivity index (χ2n) is 3.75. The molecule has 3 rings (SSSR count). The standard InChI is InChI=1S/C13H8IN3O/c14-10-7-4-8-17-12(10)15-11(16-13(17)18)9-5-2-1-3-6-9/h1-8H. The summed E-state index contributed by atoms with van der Waals surface area (Å²) in [6, 6.07) is 13.2. The molecule has 0 fully saturated rings. The lowest BCUT2D eigenvalue weighted by Crippen LogP contribution is -2.19. The second-order valence-corrected chi connectivity index (χ2v) is 4.91. The maximum absolute atomic E-state index is 11.9. The summed E-state index contributed by atoms with van der Waals surface area (Å²) in [5, 5.41) is 0. The number of nitrogens with zero attached hydrogens (tertiary/aromatic N) is 3. The molecule has 2 heterocycles. The van der Waals surface area contributed by atoms with Crippen LogP contribution in [0.1, 0.15) is 0 Å². The molecule has 0 aliphatic carbocycles. The number of benzene rings is 1. The number of aromatic nitrogens is 3. The lowest BCUT2D eigenvalue weighted by molar-refractivity contribution is 0.944. The zero-order valence-corrected chi connectivity index (χ0v) is 11.4. The molecule has 88 valence electrons. The first kappa shape index (κ1) is 11.3. The molecule has 1 aromatic carbocycles. The number of halogens is 1. The van der Waals surface area contributed by atoms with Crippen LogP contribution in [0, 0.1) is 3.57 Å². The van der Waals surface area contributed by atoms with Gasteiger partial charge < -0.3 is 0 Å². The van der Waals surface area contributed by atoms with E-state index < -0.39 is 0 Å². The van der Waals surface area contributed by atoms with E-state index in [2.05, 4.69) is 32.6 Å². The van der Waals surface area contributed by atoms with E-state index in [0.29, 0.717) is 11.5 Å². The van der Waals surface area contributed by atoms with Crippen LogP contribution in [0.15, 0.2) is 53.5 Å². The average molecular weight is 349 g/mol. The van der Waals surface area contributed by atoms with Crippen LogP contribution in [-0.2, 0) is 0 Å². The van der Waals surface area contributed by atoms with E-state index in [4.69, 9.17) is 0 Å². The van der Waals surface area contributed by atoms with Crippen molar-refractivity contribution in [3.63, 3.8) is 0 Å². The van der Waals surface area contributed by atoms with Crippen molar-refractivity contribution in [2.24, 2.45) is 0 Å². The third-order valence-electron chi connectivity index (χ3n) is 2.57. The molecule has 0 amide bonds. The molecular weight excluding hydrogens is 341 g/mol. The summed E-state index contributed by atoms with van der Waals surface area (Å²) in [4.78, 5) is 20.4. The molecule has 0 saturated heterocycles. The van der Waals surface area contributed by atoms with Crippen molar-refractivity contribution in [3.05, 3.63) is 62.7 Å². The van der Waals surface area contributed by atoms with Crippen molar-refractivity contribution >= 4 is 28.2 Å². The van der Waals surface area contributed by atoms with Gasteiger partial charge in [-0.2, -0.15) is 4.98 Å². The highest BCUT2D eigenvalue weighted by Gasteiger charge is 2.07. The van der Waals surface area contributed by atoms with Crippen LogP contribution in [0.5, 0.6) is 0 Å². The first-order valence-electron chi connectivity index (χ1n) is 5.36. The van der Waals surface area contributed by atoms with Crippen LogP contribution in [-0.4, -0.2) is 14.4 Å². The average Bonchev–Trinajstić information content (AvgIpc) is 2.41. The summed E-state index contributed by atoms with van der Waals surface area (Å²) in [5.74, 6) is 0.463. The Labute approximate surface area is 116 Å². The van der Waals surface area contributed by atoms with E-state index in [-0.39, 0.29) is 5.69 Å². The van der Waals surface area contributed by atoms with Crippen molar-refractivity contribution in [1.29, 1.82) is 0 Å². The van der Waals surface area contributed by atoms with Gasteiger partial charge in [0.25, 0.3) is 0 Å². The molecule has 0 aliphatic rings. The van der Waals surface area contributed by atoms with Crippen LogP contribution in [0.25, 0.3) is 17.0 Å². The molecular formula is C13H8IN3O. The van der Waals surface area contributed by atoms with Gasteiger partial charge in [-0.05, 0) is 34.7 Å². The molecule has 0 N–H and O–H groups in total. The summed E-state index contributed by atoms with van der Waals surface area (Å²) in [5.41, 5.74) is 1.17. The summed E-state index contributed by atoms with van der Waals surface area (Å²) in [7, 11) is 0. The van der Waals surface area contributed by atoms with Gasteiger partial charge in [-0.1, -0.05) is 30.3 Å². The molecule has 3 aromatic rings. The van der Waals surface area contributed by atoms with Gasteiger partial charge in [0, 0.05) is 11.8 Å². The van der Waals surface area contributed by atoms with Crippen LogP contribution in [0.3, 0.4) is 0 Å². The van der Waals surface area contributed by atoms with E-state index in [1.54, 1.807) is 6.20 Å². The fraction of sp³-hybridized carbons (Fsp3) is 0. The Bertz CT molecular complexity index is 768. The Hall–Kier alpha value is -1.76. The topological polar surface area (TPSA) is 47.3 Å². The third kappa shape index (κ3) is 1.90. The van der Waals surface area contributed by atoms with E-state index in [9.17, 15) is 4.79 Å². The number of fused-ring (bicyclic) bond motifs is 1. The molecule has 4 nitrogen and oxygen atoms in total. The van der Waals surface area contributed by atoms with Crippen LogP contribution in [0.2, 0.25) is 0 Å². The summed E-state index contributed by atoms with van der Waals surface area (Å²) in [6.07, 6.45) is 1.68. The molecule has 0 saturated carbocycles. The predicted octanol–water partition coefficient (Wildman–Crippen LogP) is 2.36. The number of hydrogen-bond donors (Lipinski definition) is 0. The van der Waals surface area contributed by atoms with Crippen molar-refractivity contribution in [2.75, 3.05) is 0 Å². The van der Waals surface area contributed by atoms with Gasteiger partial charge in [-0.25, -0.2) is 9.78 Å². The molecule has 5 heteroatoms. The number of pyridine rings is 1. The summed E-state index contributed by atoms with van der Waals surface area (Å²) >= 11 is 2.16. The van der Waals surface area contributed by atoms with Crippen molar-refractivity contribution < 1.29 is 0 Å². The van der Waals surface area contributed by atoms with Gasteiger partial charge in [-0.3, -0.25) is 4.40 Å².